The Bertz CT molecular complexity index is 218. The largest absolute Gasteiger partial charge is 0.362 e. The summed E-state index contributed by atoms with van der Waals surface area (Å²) < 4.78 is 0. The molecule has 0 fully saturated rings. The molecule has 0 spiro atoms. The van der Waals surface area contributed by atoms with E-state index in [-0.39, 0.29) is 5.50 Å². The summed E-state index contributed by atoms with van der Waals surface area (Å²) in [5, 5.41) is 2.97. The molecule has 60 valence electrons. The summed E-state index contributed by atoms with van der Waals surface area (Å²) in [6, 6.07) is 8.01. The minimum atomic E-state index is -0.294. The first-order valence-corrected chi connectivity index (χ1v) is 3.97. The van der Waals surface area contributed by atoms with E-state index in [1.54, 1.807) is 0 Å². The molecule has 0 bridgehead atoms. The quantitative estimate of drug-likeness (QED) is 0.463. The summed E-state index contributed by atoms with van der Waals surface area (Å²) in [7, 11) is 0. The normalized spacial score (nSPS) is 12.6. The number of benzene rings is 1. The van der Waals surface area contributed by atoms with Gasteiger partial charge in [0, 0.05) is 5.69 Å². The van der Waals surface area contributed by atoms with E-state index in [9.17, 15) is 0 Å². The third-order valence-electron chi connectivity index (χ3n) is 1.37. The molecule has 2 nitrogen and oxygen atoms in total. The number of rotatable bonds is 2. The van der Waals surface area contributed by atoms with Crippen LogP contribution in [0.2, 0.25) is 0 Å². The van der Waals surface area contributed by atoms with Crippen LogP contribution in [0.25, 0.3) is 0 Å². The van der Waals surface area contributed by atoms with Crippen molar-refractivity contribution in [3.63, 3.8) is 0 Å². The average Bonchev–Trinajstić information content (AvgIpc) is 1.93. The molecule has 1 aromatic carbocycles. The molecule has 3 heteroatoms. The van der Waals surface area contributed by atoms with Crippen molar-refractivity contribution in [3.05, 3.63) is 29.8 Å². The molecule has 0 heterocycles. The van der Waals surface area contributed by atoms with Crippen molar-refractivity contribution in [1.82, 2.24) is 0 Å². The molecule has 0 saturated carbocycles. The molecule has 0 aromatic heterocycles. The fourth-order valence-corrected chi connectivity index (χ4v) is 0.970. The van der Waals surface area contributed by atoms with Gasteiger partial charge in [0.15, 0.2) is 0 Å². The minimum absolute atomic E-state index is 0.294. The molecule has 0 aliphatic rings. The van der Waals surface area contributed by atoms with Gasteiger partial charge in [0.25, 0.3) is 0 Å². The highest BCUT2D eigenvalue weighted by Gasteiger charge is 1.93. The van der Waals surface area contributed by atoms with Crippen molar-refractivity contribution in [2.24, 2.45) is 5.73 Å². The average molecular weight is 168 g/mol. The Hall–Kier alpha value is -0.670. The van der Waals surface area contributed by atoms with E-state index < -0.39 is 0 Å². The number of nitrogens with one attached hydrogen (secondary N) is 1. The number of hydrogen-bond donors (Lipinski definition) is 3. The van der Waals surface area contributed by atoms with Crippen LogP contribution in [0.3, 0.4) is 0 Å². The van der Waals surface area contributed by atoms with Crippen LogP contribution in [0.1, 0.15) is 5.56 Å². The molecule has 11 heavy (non-hydrogen) atoms. The highest BCUT2D eigenvalue weighted by molar-refractivity contribution is 7.81. The molecule has 0 aliphatic carbocycles. The zero-order chi connectivity index (χ0) is 8.27. The second kappa shape index (κ2) is 3.64. The maximum absolute atomic E-state index is 5.42. The maximum atomic E-state index is 5.42. The molecule has 1 atom stereocenters. The zero-order valence-electron chi connectivity index (χ0n) is 6.41. The first-order valence-electron chi connectivity index (χ1n) is 3.45. The van der Waals surface area contributed by atoms with E-state index in [1.165, 1.54) is 5.56 Å². The molecule has 0 saturated heterocycles. The maximum Gasteiger partial charge on any atom is 0.120 e. The van der Waals surface area contributed by atoms with Gasteiger partial charge < -0.3 is 11.1 Å². The van der Waals surface area contributed by atoms with E-state index in [4.69, 9.17) is 5.73 Å². The van der Waals surface area contributed by atoms with Crippen molar-refractivity contribution in [2.75, 3.05) is 5.32 Å². The van der Waals surface area contributed by atoms with Gasteiger partial charge in [-0.3, -0.25) is 0 Å². The van der Waals surface area contributed by atoms with Gasteiger partial charge in [-0.05, 0) is 19.1 Å². The summed E-state index contributed by atoms with van der Waals surface area (Å²) in [5.41, 5.74) is 7.36. The van der Waals surface area contributed by atoms with Gasteiger partial charge in [-0.2, -0.15) is 0 Å². The molecular weight excluding hydrogens is 156 g/mol. The molecule has 0 amide bonds. The predicted molar refractivity (Wildman–Crippen MR) is 51.8 cm³/mol. The van der Waals surface area contributed by atoms with Crippen molar-refractivity contribution < 1.29 is 0 Å². The van der Waals surface area contributed by atoms with Crippen LogP contribution in [0.15, 0.2) is 24.3 Å². The molecule has 1 rings (SSSR count). The molecule has 0 radical (unpaired) electrons. The fraction of sp³-hybridized carbons (Fsp3) is 0.250. The Morgan fingerprint density at radius 2 is 1.91 bits per heavy atom. The second-order valence-electron chi connectivity index (χ2n) is 2.46. The third kappa shape index (κ3) is 2.82. The van der Waals surface area contributed by atoms with E-state index in [1.807, 2.05) is 31.2 Å². The molecule has 3 N–H and O–H groups in total. The molecular formula is C8H12N2S. The third-order valence-corrected chi connectivity index (χ3v) is 1.50. The fourth-order valence-electron chi connectivity index (χ4n) is 0.821. The monoisotopic (exact) mass is 168 g/mol. The molecule has 0 aliphatic heterocycles. The Labute approximate surface area is 72.2 Å². The Kier molecular flexibility index (Phi) is 2.79. The van der Waals surface area contributed by atoms with Gasteiger partial charge in [-0.15, -0.1) is 12.6 Å². The first kappa shape index (κ1) is 8.43. The lowest BCUT2D eigenvalue weighted by Gasteiger charge is -2.08. The Morgan fingerprint density at radius 1 is 1.36 bits per heavy atom. The van der Waals surface area contributed by atoms with Crippen LogP contribution in [0.5, 0.6) is 0 Å². The van der Waals surface area contributed by atoms with Crippen LogP contribution in [-0.2, 0) is 0 Å². The van der Waals surface area contributed by atoms with Crippen molar-refractivity contribution in [3.8, 4) is 0 Å². The molecule has 1 unspecified atom stereocenters. The number of hydrogen-bond acceptors (Lipinski definition) is 3. The first-order chi connectivity index (χ1) is 5.18. The SMILES string of the molecule is Cc1ccc(NC(N)S)cc1. The van der Waals surface area contributed by atoms with Crippen molar-refractivity contribution >= 4 is 18.3 Å². The van der Waals surface area contributed by atoms with Crippen LogP contribution >= 0.6 is 12.6 Å². The lowest BCUT2D eigenvalue weighted by Crippen LogP contribution is -2.22. The van der Waals surface area contributed by atoms with Gasteiger partial charge in [-0.1, -0.05) is 17.7 Å². The topological polar surface area (TPSA) is 38.0 Å². The summed E-state index contributed by atoms with van der Waals surface area (Å²) in [6.45, 7) is 2.05. The Balaban J connectivity index is 2.66. The van der Waals surface area contributed by atoms with Crippen molar-refractivity contribution in [1.29, 1.82) is 0 Å². The van der Waals surface area contributed by atoms with Crippen LogP contribution in [-0.4, -0.2) is 5.50 Å². The number of thiol groups is 1. The lowest BCUT2D eigenvalue weighted by molar-refractivity contribution is 1.07. The van der Waals surface area contributed by atoms with Gasteiger partial charge in [0.2, 0.25) is 0 Å². The smallest absolute Gasteiger partial charge is 0.120 e. The summed E-state index contributed by atoms with van der Waals surface area (Å²) in [4.78, 5) is 0. The summed E-state index contributed by atoms with van der Waals surface area (Å²) >= 11 is 4.00. The lowest BCUT2D eigenvalue weighted by atomic mass is 10.2. The van der Waals surface area contributed by atoms with Gasteiger partial charge in [-0.25, -0.2) is 0 Å². The van der Waals surface area contributed by atoms with Gasteiger partial charge >= 0.3 is 0 Å². The highest BCUT2D eigenvalue weighted by Crippen LogP contribution is 2.09. The predicted octanol–water partition coefficient (Wildman–Crippen LogP) is 1.58. The minimum Gasteiger partial charge on any atom is -0.362 e. The number of nitrogens with two attached hydrogens (primary N) is 1. The van der Waals surface area contributed by atoms with Crippen molar-refractivity contribution in [2.45, 2.75) is 12.4 Å². The van der Waals surface area contributed by atoms with E-state index >= 15 is 0 Å². The molecule has 1 aromatic rings. The van der Waals surface area contributed by atoms with E-state index in [0.717, 1.165) is 5.69 Å². The summed E-state index contributed by atoms with van der Waals surface area (Å²) in [5.74, 6) is 0. The highest BCUT2D eigenvalue weighted by atomic mass is 32.1. The van der Waals surface area contributed by atoms with Crippen LogP contribution in [0.4, 0.5) is 5.69 Å². The van der Waals surface area contributed by atoms with E-state index in [0.29, 0.717) is 0 Å². The number of aryl methyl sites for hydroxylation is 1. The summed E-state index contributed by atoms with van der Waals surface area (Å²) in [6.07, 6.45) is 0. The standard InChI is InChI=1S/C8H12N2S/c1-6-2-4-7(5-3-6)10-8(9)11/h2-5,8,10-11H,9H2,1H3. The van der Waals surface area contributed by atoms with E-state index in [2.05, 4.69) is 17.9 Å². The van der Waals surface area contributed by atoms with Gasteiger partial charge in [0.1, 0.15) is 5.50 Å². The van der Waals surface area contributed by atoms with Gasteiger partial charge in [0.05, 0.1) is 0 Å². The Morgan fingerprint density at radius 3 is 2.36 bits per heavy atom. The van der Waals surface area contributed by atoms with Crippen LogP contribution in [0, 0.1) is 6.92 Å². The number of anilines is 1. The zero-order valence-corrected chi connectivity index (χ0v) is 7.31. The van der Waals surface area contributed by atoms with Crippen LogP contribution < -0.4 is 11.1 Å². The second-order valence-corrected chi connectivity index (χ2v) is 3.01.